The molecule has 2 aliphatic carbocycles. The SMILES string of the molecule is Cc1ccc(NC(=O)CC2=C(O)CC3(CCCCC3)CC2=O)cc1. The second-order valence-electron chi connectivity index (χ2n) is 7.35. The molecule has 3 rings (SSSR count). The molecule has 24 heavy (non-hydrogen) atoms. The molecule has 2 N–H and O–H groups in total. The van der Waals surface area contributed by atoms with E-state index in [0.717, 1.165) is 31.2 Å². The smallest absolute Gasteiger partial charge is 0.229 e. The van der Waals surface area contributed by atoms with E-state index in [0.29, 0.717) is 24.1 Å². The van der Waals surface area contributed by atoms with E-state index in [9.17, 15) is 14.7 Å². The van der Waals surface area contributed by atoms with Gasteiger partial charge in [-0.1, -0.05) is 37.0 Å². The summed E-state index contributed by atoms with van der Waals surface area (Å²) in [6, 6.07) is 7.51. The summed E-state index contributed by atoms with van der Waals surface area (Å²) in [4.78, 5) is 24.7. The lowest BCUT2D eigenvalue weighted by Gasteiger charge is -2.39. The first-order chi connectivity index (χ1) is 11.5. The van der Waals surface area contributed by atoms with E-state index in [1.54, 1.807) is 0 Å². The highest BCUT2D eigenvalue weighted by Gasteiger charge is 2.40. The Balaban J connectivity index is 1.67. The molecule has 2 aliphatic rings. The van der Waals surface area contributed by atoms with Crippen molar-refractivity contribution in [2.45, 2.75) is 58.3 Å². The quantitative estimate of drug-likeness (QED) is 0.862. The van der Waals surface area contributed by atoms with Crippen molar-refractivity contribution in [2.75, 3.05) is 5.32 Å². The average molecular weight is 327 g/mol. The van der Waals surface area contributed by atoms with Crippen molar-refractivity contribution in [1.82, 2.24) is 0 Å². The Morgan fingerprint density at radius 1 is 1.12 bits per heavy atom. The van der Waals surface area contributed by atoms with Crippen molar-refractivity contribution in [2.24, 2.45) is 5.41 Å². The van der Waals surface area contributed by atoms with Gasteiger partial charge in [-0.3, -0.25) is 9.59 Å². The zero-order valence-corrected chi connectivity index (χ0v) is 14.2. The number of carbonyl (C=O) groups excluding carboxylic acids is 2. The van der Waals surface area contributed by atoms with E-state index < -0.39 is 0 Å². The number of carbonyl (C=O) groups is 2. The lowest BCUT2D eigenvalue weighted by Crippen LogP contribution is -2.34. The third-order valence-electron chi connectivity index (χ3n) is 5.35. The molecular weight excluding hydrogens is 302 g/mol. The molecule has 0 aliphatic heterocycles. The normalized spacial score (nSPS) is 20.3. The molecule has 1 fully saturated rings. The Kier molecular flexibility index (Phi) is 4.74. The second kappa shape index (κ2) is 6.80. The highest BCUT2D eigenvalue weighted by atomic mass is 16.3. The van der Waals surface area contributed by atoms with Gasteiger partial charge in [-0.25, -0.2) is 0 Å². The number of aliphatic hydroxyl groups is 1. The van der Waals surface area contributed by atoms with Crippen LogP contribution in [0.2, 0.25) is 0 Å². The maximum absolute atomic E-state index is 12.5. The van der Waals surface area contributed by atoms with Crippen LogP contribution in [0.25, 0.3) is 0 Å². The molecular formula is C20H25NO3. The Morgan fingerprint density at radius 3 is 2.42 bits per heavy atom. The van der Waals surface area contributed by atoms with Crippen molar-refractivity contribution >= 4 is 17.4 Å². The van der Waals surface area contributed by atoms with Crippen LogP contribution in [0, 0.1) is 12.3 Å². The molecule has 4 nitrogen and oxygen atoms in total. The lowest BCUT2D eigenvalue weighted by molar-refractivity contribution is -0.122. The fourth-order valence-electron chi connectivity index (χ4n) is 3.99. The molecule has 0 radical (unpaired) electrons. The average Bonchev–Trinajstić information content (AvgIpc) is 2.54. The molecule has 1 aromatic rings. The fraction of sp³-hybridized carbons (Fsp3) is 0.500. The van der Waals surface area contributed by atoms with E-state index in [1.165, 1.54) is 6.42 Å². The standard InChI is InChI=1S/C20H25NO3/c1-14-5-7-15(8-6-14)21-19(24)11-16-17(22)12-20(13-18(16)23)9-3-2-4-10-20/h5-8,22H,2-4,9-13H2,1H3,(H,21,24). The molecule has 4 heteroatoms. The van der Waals surface area contributed by atoms with Gasteiger partial charge >= 0.3 is 0 Å². The summed E-state index contributed by atoms with van der Waals surface area (Å²) >= 11 is 0. The first-order valence-electron chi connectivity index (χ1n) is 8.78. The van der Waals surface area contributed by atoms with Gasteiger partial charge in [-0.05, 0) is 37.3 Å². The molecule has 0 heterocycles. The van der Waals surface area contributed by atoms with Gasteiger partial charge in [0.15, 0.2) is 5.78 Å². The molecule has 1 aromatic carbocycles. The monoisotopic (exact) mass is 327 g/mol. The van der Waals surface area contributed by atoms with Crippen molar-refractivity contribution in [3.63, 3.8) is 0 Å². The number of benzene rings is 1. The highest BCUT2D eigenvalue weighted by Crippen LogP contribution is 2.47. The van der Waals surface area contributed by atoms with E-state index in [4.69, 9.17) is 0 Å². The third kappa shape index (κ3) is 3.69. The van der Waals surface area contributed by atoms with E-state index in [2.05, 4.69) is 5.32 Å². The molecule has 0 unspecified atom stereocenters. The van der Waals surface area contributed by atoms with Crippen LogP contribution >= 0.6 is 0 Å². The molecule has 128 valence electrons. The van der Waals surface area contributed by atoms with E-state index in [-0.39, 0.29) is 29.3 Å². The predicted molar refractivity (Wildman–Crippen MR) is 93.8 cm³/mol. The number of Topliss-reactive ketones (excluding diaryl/α,β-unsaturated/α-hetero) is 1. The molecule has 0 atom stereocenters. The molecule has 0 saturated heterocycles. The van der Waals surface area contributed by atoms with Crippen LogP contribution in [-0.4, -0.2) is 16.8 Å². The number of ketones is 1. The Morgan fingerprint density at radius 2 is 1.79 bits per heavy atom. The van der Waals surface area contributed by atoms with Gasteiger partial charge in [-0.15, -0.1) is 0 Å². The maximum Gasteiger partial charge on any atom is 0.229 e. The zero-order valence-electron chi connectivity index (χ0n) is 14.2. The summed E-state index contributed by atoms with van der Waals surface area (Å²) in [6.07, 6.45) is 6.46. The van der Waals surface area contributed by atoms with Gasteiger partial charge in [0.05, 0.1) is 6.42 Å². The number of aryl methyl sites for hydroxylation is 1. The fourth-order valence-corrected chi connectivity index (χ4v) is 3.99. The molecule has 1 saturated carbocycles. The summed E-state index contributed by atoms with van der Waals surface area (Å²) in [5.74, 6) is -0.180. The zero-order chi connectivity index (χ0) is 17.2. The number of amides is 1. The Bertz CT molecular complexity index is 667. The van der Waals surface area contributed by atoms with E-state index >= 15 is 0 Å². The summed E-state index contributed by atoms with van der Waals surface area (Å²) < 4.78 is 0. The first kappa shape index (κ1) is 16.7. The van der Waals surface area contributed by atoms with Crippen LogP contribution in [-0.2, 0) is 9.59 Å². The van der Waals surface area contributed by atoms with Crippen LogP contribution in [0.4, 0.5) is 5.69 Å². The van der Waals surface area contributed by atoms with Gasteiger partial charge in [0, 0.05) is 24.1 Å². The number of rotatable bonds is 3. The largest absolute Gasteiger partial charge is 0.512 e. The van der Waals surface area contributed by atoms with Gasteiger partial charge in [0.2, 0.25) is 5.91 Å². The minimum Gasteiger partial charge on any atom is -0.512 e. The maximum atomic E-state index is 12.5. The molecule has 1 amide bonds. The van der Waals surface area contributed by atoms with Crippen molar-refractivity contribution in [3.05, 3.63) is 41.2 Å². The van der Waals surface area contributed by atoms with Crippen LogP contribution in [0.1, 0.15) is 56.9 Å². The Hall–Kier alpha value is -2.10. The number of allylic oxidation sites excluding steroid dienone is 1. The summed E-state index contributed by atoms with van der Waals surface area (Å²) in [5, 5.41) is 13.2. The molecule has 0 aromatic heterocycles. The summed E-state index contributed by atoms with van der Waals surface area (Å²) in [5.41, 5.74) is 2.07. The third-order valence-corrected chi connectivity index (χ3v) is 5.35. The van der Waals surface area contributed by atoms with E-state index in [1.807, 2.05) is 31.2 Å². The van der Waals surface area contributed by atoms with Gasteiger partial charge in [0.1, 0.15) is 5.76 Å². The van der Waals surface area contributed by atoms with Crippen LogP contribution in [0.15, 0.2) is 35.6 Å². The van der Waals surface area contributed by atoms with Crippen molar-refractivity contribution in [3.8, 4) is 0 Å². The van der Waals surface area contributed by atoms with Crippen molar-refractivity contribution in [1.29, 1.82) is 0 Å². The van der Waals surface area contributed by atoms with Crippen LogP contribution in [0.5, 0.6) is 0 Å². The summed E-state index contributed by atoms with van der Waals surface area (Å²) in [6.45, 7) is 1.98. The topological polar surface area (TPSA) is 66.4 Å². The molecule has 0 bridgehead atoms. The van der Waals surface area contributed by atoms with Gasteiger partial charge in [-0.2, -0.15) is 0 Å². The Labute approximate surface area is 143 Å². The minimum atomic E-state index is -0.256. The van der Waals surface area contributed by atoms with Gasteiger partial charge in [0.25, 0.3) is 0 Å². The number of anilines is 1. The second-order valence-corrected chi connectivity index (χ2v) is 7.35. The number of aliphatic hydroxyl groups excluding tert-OH is 1. The van der Waals surface area contributed by atoms with Crippen LogP contribution < -0.4 is 5.32 Å². The predicted octanol–water partition coefficient (Wildman–Crippen LogP) is 4.45. The number of hydrogen-bond acceptors (Lipinski definition) is 3. The highest BCUT2D eigenvalue weighted by molar-refractivity contribution is 6.04. The summed E-state index contributed by atoms with van der Waals surface area (Å²) in [7, 11) is 0. The van der Waals surface area contributed by atoms with Crippen molar-refractivity contribution < 1.29 is 14.7 Å². The minimum absolute atomic E-state index is 0.0470. The number of nitrogens with one attached hydrogen (secondary N) is 1. The van der Waals surface area contributed by atoms with Gasteiger partial charge < -0.3 is 10.4 Å². The number of hydrogen-bond donors (Lipinski definition) is 2. The molecule has 1 spiro atoms. The lowest BCUT2D eigenvalue weighted by atomic mass is 9.65. The van der Waals surface area contributed by atoms with Crippen LogP contribution in [0.3, 0.4) is 0 Å². The first-order valence-corrected chi connectivity index (χ1v) is 8.78.